The van der Waals surface area contributed by atoms with Crippen LogP contribution in [0.3, 0.4) is 0 Å². The number of ether oxygens (including phenoxy) is 1. The Kier molecular flexibility index (Phi) is 41.3. The minimum Gasteiger partial charge on any atom is -1.00 e. The van der Waals surface area contributed by atoms with Crippen molar-refractivity contribution < 1.29 is 52.1 Å². The molecule has 80 valence electrons. The monoisotopic (exact) mass is 225 g/mol. The Bertz CT molecular complexity index is 108. The normalized spacial score (nSPS) is 6.08. The second-order valence-corrected chi connectivity index (χ2v) is 1.99. The molecule has 0 amide bonds. The summed E-state index contributed by atoms with van der Waals surface area (Å²) in [6.45, 7) is 5.94. The average Bonchev–Trinajstić information content (AvgIpc) is 1.90. The van der Waals surface area contributed by atoms with Gasteiger partial charge in [-0.15, -0.1) is 0 Å². The van der Waals surface area contributed by atoms with Gasteiger partial charge in [-0.05, 0) is 26.1 Å². The van der Waals surface area contributed by atoms with E-state index in [0.717, 1.165) is 13.1 Å². The molecule has 0 fully saturated rings. The molecule has 0 aromatic rings. The summed E-state index contributed by atoms with van der Waals surface area (Å²) in [7, 11) is 1.60. The van der Waals surface area contributed by atoms with Crippen LogP contribution in [0.5, 0.6) is 0 Å². The Labute approximate surface area is 108 Å². The number of methoxy groups -OCH3 is 1. The van der Waals surface area contributed by atoms with Crippen LogP contribution in [0, 0.1) is 0 Å². The molecule has 0 saturated heterocycles. The molecule has 0 unspecified atom stereocenters. The van der Waals surface area contributed by atoms with Crippen LogP contribution in [0.25, 0.3) is 0 Å². The molecule has 0 spiro atoms. The largest absolute Gasteiger partial charge is 1.00 e. The SMILES string of the molecule is CCN(CC)C(=S)OC.O.O.O.[H-].[Na+]. The summed E-state index contributed by atoms with van der Waals surface area (Å²) < 4.78 is 4.85. The first kappa shape index (κ1) is 29.2. The number of hydrogen-bond donors (Lipinski definition) is 0. The molecule has 5 nitrogen and oxygen atoms in total. The van der Waals surface area contributed by atoms with Crippen LogP contribution in [0.15, 0.2) is 0 Å². The van der Waals surface area contributed by atoms with Gasteiger partial charge in [-0.25, -0.2) is 0 Å². The fourth-order valence-electron chi connectivity index (χ4n) is 0.611. The Balaban J connectivity index is -0.0000000320. The van der Waals surface area contributed by atoms with Gasteiger partial charge in [0, 0.05) is 13.1 Å². The van der Waals surface area contributed by atoms with Crippen molar-refractivity contribution in [2.75, 3.05) is 20.2 Å². The second-order valence-electron chi connectivity index (χ2n) is 1.64. The molecule has 0 heterocycles. The summed E-state index contributed by atoms with van der Waals surface area (Å²) in [6.07, 6.45) is 0. The van der Waals surface area contributed by atoms with Crippen LogP contribution in [0.2, 0.25) is 0 Å². The summed E-state index contributed by atoms with van der Waals surface area (Å²) in [5.41, 5.74) is 0. The molecule has 0 atom stereocenters. The van der Waals surface area contributed by atoms with Gasteiger partial charge in [0.2, 0.25) is 0 Å². The van der Waals surface area contributed by atoms with Gasteiger partial charge in [-0.2, -0.15) is 0 Å². The third kappa shape index (κ3) is 12.6. The Morgan fingerprint density at radius 3 is 1.62 bits per heavy atom. The molecule has 0 aliphatic rings. The second kappa shape index (κ2) is 18.4. The maximum absolute atomic E-state index is 4.88. The topological polar surface area (TPSA) is 107 Å². The van der Waals surface area contributed by atoms with E-state index in [2.05, 4.69) is 13.8 Å². The third-order valence-electron chi connectivity index (χ3n) is 1.20. The van der Waals surface area contributed by atoms with Crippen LogP contribution in [-0.2, 0) is 4.74 Å². The van der Waals surface area contributed by atoms with Gasteiger partial charge in [0.05, 0.1) is 7.11 Å². The number of thiocarbonyl (C=S) groups is 1. The summed E-state index contributed by atoms with van der Waals surface area (Å²) in [5.74, 6) is 0. The summed E-state index contributed by atoms with van der Waals surface area (Å²) in [4.78, 5) is 1.98. The Morgan fingerprint density at radius 2 is 1.54 bits per heavy atom. The van der Waals surface area contributed by atoms with Crippen molar-refractivity contribution in [3.8, 4) is 0 Å². The predicted molar refractivity (Wildman–Crippen MR) is 54.5 cm³/mol. The standard InChI is InChI=1S/C6H13NOS.Na.3H2O.H/c1-4-7(5-2)6(9)8-3;;;;;/h4-5H2,1-3H3;;3*1H2;/q;+1;;;;-1. The smallest absolute Gasteiger partial charge is 1.00 e. The van der Waals surface area contributed by atoms with E-state index in [1.54, 1.807) is 7.11 Å². The van der Waals surface area contributed by atoms with Gasteiger partial charge in [-0.1, -0.05) is 0 Å². The van der Waals surface area contributed by atoms with E-state index in [1.165, 1.54) is 0 Å². The molecule has 0 saturated carbocycles. The molecule has 0 aromatic heterocycles. The van der Waals surface area contributed by atoms with Crippen LogP contribution < -0.4 is 29.6 Å². The minimum atomic E-state index is 0. The summed E-state index contributed by atoms with van der Waals surface area (Å²) in [6, 6.07) is 0. The molecular weight excluding hydrogens is 205 g/mol. The van der Waals surface area contributed by atoms with E-state index in [4.69, 9.17) is 17.0 Å². The van der Waals surface area contributed by atoms with E-state index in [-0.39, 0.29) is 47.4 Å². The van der Waals surface area contributed by atoms with Crippen molar-refractivity contribution in [2.45, 2.75) is 13.8 Å². The third-order valence-corrected chi connectivity index (χ3v) is 1.62. The summed E-state index contributed by atoms with van der Waals surface area (Å²) >= 11 is 4.88. The first-order valence-electron chi connectivity index (χ1n) is 3.09. The van der Waals surface area contributed by atoms with Crippen LogP contribution in [0.4, 0.5) is 0 Å². The molecular formula is C6H20NNaO4S. The maximum atomic E-state index is 4.88. The number of nitrogens with zero attached hydrogens (tertiary/aromatic N) is 1. The van der Waals surface area contributed by atoms with E-state index < -0.39 is 0 Å². The Morgan fingerprint density at radius 1 is 1.23 bits per heavy atom. The van der Waals surface area contributed by atoms with Crippen molar-refractivity contribution in [1.82, 2.24) is 4.90 Å². The zero-order chi connectivity index (χ0) is 7.28. The average molecular weight is 225 g/mol. The van der Waals surface area contributed by atoms with Gasteiger partial charge >= 0.3 is 29.6 Å². The fraction of sp³-hybridized carbons (Fsp3) is 0.833. The van der Waals surface area contributed by atoms with Crippen LogP contribution in [-0.4, -0.2) is 46.7 Å². The predicted octanol–water partition coefficient (Wildman–Crippen LogP) is -4.10. The molecule has 13 heavy (non-hydrogen) atoms. The van der Waals surface area contributed by atoms with Gasteiger partial charge in [0.1, 0.15) is 0 Å². The van der Waals surface area contributed by atoms with Crippen molar-refractivity contribution in [1.29, 1.82) is 0 Å². The molecule has 6 N–H and O–H groups in total. The Hall–Kier alpha value is 0.570. The first-order chi connectivity index (χ1) is 4.26. The van der Waals surface area contributed by atoms with Crippen molar-refractivity contribution >= 4 is 17.4 Å². The van der Waals surface area contributed by atoms with Gasteiger partial charge in [0.15, 0.2) is 0 Å². The molecule has 0 aliphatic carbocycles. The zero-order valence-corrected chi connectivity index (χ0v) is 11.5. The van der Waals surface area contributed by atoms with Gasteiger partial charge in [0.25, 0.3) is 5.17 Å². The maximum Gasteiger partial charge on any atom is 1.00 e. The minimum absolute atomic E-state index is 0. The van der Waals surface area contributed by atoms with E-state index in [9.17, 15) is 0 Å². The zero-order valence-electron chi connectivity index (χ0n) is 9.68. The molecule has 0 aliphatic heterocycles. The molecule has 0 rings (SSSR count). The van der Waals surface area contributed by atoms with Crippen molar-refractivity contribution in [3.05, 3.63) is 0 Å². The summed E-state index contributed by atoms with van der Waals surface area (Å²) in [5, 5.41) is 0.583. The number of hydrogen-bond acceptors (Lipinski definition) is 2. The molecule has 0 radical (unpaired) electrons. The van der Waals surface area contributed by atoms with E-state index in [0.29, 0.717) is 5.17 Å². The molecule has 0 bridgehead atoms. The molecule has 0 aromatic carbocycles. The molecule has 7 heteroatoms. The quantitative estimate of drug-likeness (QED) is 0.352. The van der Waals surface area contributed by atoms with Gasteiger partial charge < -0.3 is 27.5 Å². The van der Waals surface area contributed by atoms with Crippen LogP contribution >= 0.6 is 12.2 Å². The van der Waals surface area contributed by atoms with E-state index >= 15 is 0 Å². The number of rotatable bonds is 2. The first-order valence-corrected chi connectivity index (χ1v) is 3.50. The fourth-order valence-corrected chi connectivity index (χ4v) is 0.869. The van der Waals surface area contributed by atoms with E-state index in [1.807, 2.05) is 4.90 Å². The van der Waals surface area contributed by atoms with Crippen molar-refractivity contribution in [3.63, 3.8) is 0 Å². The van der Waals surface area contributed by atoms with Gasteiger partial charge in [-0.3, -0.25) is 0 Å². The van der Waals surface area contributed by atoms with Crippen LogP contribution in [0.1, 0.15) is 15.3 Å². The van der Waals surface area contributed by atoms with Crippen molar-refractivity contribution in [2.24, 2.45) is 0 Å².